The number of rotatable bonds is 2. The van der Waals surface area contributed by atoms with E-state index in [4.69, 9.17) is 0 Å². The number of carbonyl (C=O) groups excluding carboxylic acids is 2. The van der Waals surface area contributed by atoms with E-state index >= 15 is 0 Å². The maximum atomic E-state index is 12.7. The number of benzene rings is 2. The van der Waals surface area contributed by atoms with E-state index in [9.17, 15) is 9.59 Å². The van der Waals surface area contributed by atoms with Crippen LogP contribution in [0.25, 0.3) is 0 Å². The molecule has 0 bridgehead atoms. The number of hydrogen-bond acceptors (Lipinski definition) is 3. The summed E-state index contributed by atoms with van der Waals surface area (Å²) in [6.07, 6.45) is 2.10. The number of anilines is 2. The quantitative estimate of drug-likeness (QED) is 0.916. The first-order chi connectivity index (χ1) is 12.0. The van der Waals surface area contributed by atoms with Gasteiger partial charge in [0.25, 0.3) is 11.8 Å². The van der Waals surface area contributed by atoms with Crippen molar-refractivity contribution in [1.82, 2.24) is 4.90 Å². The van der Waals surface area contributed by atoms with Crippen LogP contribution in [-0.2, 0) is 0 Å². The van der Waals surface area contributed by atoms with Crippen molar-refractivity contribution < 1.29 is 9.59 Å². The van der Waals surface area contributed by atoms with Gasteiger partial charge in [0, 0.05) is 24.8 Å². The maximum absolute atomic E-state index is 12.7. The average Bonchev–Trinajstić information content (AvgIpc) is 3.09. The Morgan fingerprint density at radius 2 is 2.04 bits per heavy atom. The molecule has 1 fully saturated rings. The molecule has 0 unspecified atom stereocenters. The Hall–Kier alpha value is -2.82. The molecule has 0 saturated carbocycles. The third kappa shape index (κ3) is 2.65. The van der Waals surface area contributed by atoms with E-state index < -0.39 is 0 Å². The molecule has 2 aliphatic heterocycles. The van der Waals surface area contributed by atoms with E-state index in [0.29, 0.717) is 11.1 Å². The molecule has 0 aliphatic carbocycles. The largest absolute Gasteiger partial charge is 0.354 e. The summed E-state index contributed by atoms with van der Waals surface area (Å²) in [5.74, 6) is -0.0932. The molecule has 2 heterocycles. The highest BCUT2D eigenvalue weighted by Gasteiger charge is 2.38. The lowest BCUT2D eigenvalue weighted by Gasteiger charge is -2.40. The summed E-state index contributed by atoms with van der Waals surface area (Å²) >= 11 is 0. The minimum atomic E-state index is -0.164. The highest BCUT2D eigenvalue weighted by atomic mass is 16.2. The van der Waals surface area contributed by atoms with Gasteiger partial charge in [0.2, 0.25) is 0 Å². The minimum absolute atomic E-state index is 0.0706. The van der Waals surface area contributed by atoms with Crippen molar-refractivity contribution in [3.63, 3.8) is 0 Å². The van der Waals surface area contributed by atoms with Crippen molar-refractivity contribution >= 4 is 23.2 Å². The molecule has 4 rings (SSSR count). The molecule has 25 heavy (non-hydrogen) atoms. The Balaban J connectivity index is 1.64. The second kappa shape index (κ2) is 5.92. The third-order valence-corrected chi connectivity index (χ3v) is 5.08. The van der Waals surface area contributed by atoms with Gasteiger partial charge in [-0.25, -0.2) is 0 Å². The van der Waals surface area contributed by atoms with Crippen molar-refractivity contribution in [2.75, 3.05) is 23.8 Å². The van der Waals surface area contributed by atoms with Crippen LogP contribution in [0.4, 0.5) is 11.4 Å². The average molecular weight is 335 g/mol. The van der Waals surface area contributed by atoms with Gasteiger partial charge >= 0.3 is 0 Å². The fraction of sp³-hybridized carbons (Fsp3) is 0.300. The van der Waals surface area contributed by atoms with Crippen LogP contribution in [0.5, 0.6) is 0 Å². The molecule has 0 aromatic heterocycles. The first-order valence-electron chi connectivity index (χ1n) is 8.60. The molecule has 0 spiro atoms. The van der Waals surface area contributed by atoms with Crippen LogP contribution in [0.15, 0.2) is 42.5 Å². The normalized spacial score (nSPS) is 18.8. The van der Waals surface area contributed by atoms with Crippen LogP contribution in [0, 0.1) is 6.92 Å². The zero-order chi connectivity index (χ0) is 17.6. The summed E-state index contributed by atoms with van der Waals surface area (Å²) in [6, 6.07) is 13.0. The molecular formula is C20H21N3O2. The van der Waals surface area contributed by atoms with Gasteiger partial charge in [-0.3, -0.25) is 9.59 Å². The monoisotopic (exact) mass is 335 g/mol. The number of aryl methyl sites for hydroxylation is 1. The fourth-order valence-electron chi connectivity index (χ4n) is 3.78. The molecule has 2 aromatic carbocycles. The first kappa shape index (κ1) is 15.7. The number of hydrogen-bond donors (Lipinski definition) is 1. The van der Waals surface area contributed by atoms with E-state index in [1.807, 2.05) is 49.2 Å². The lowest BCUT2D eigenvalue weighted by Crippen LogP contribution is -2.50. The van der Waals surface area contributed by atoms with Crippen molar-refractivity contribution in [2.24, 2.45) is 0 Å². The molecular weight excluding hydrogens is 314 g/mol. The van der Waals surface area contributed by atoms with Gasteiger partial charge in [-0.1, -0.05) is 12.1 Å². The Kier molecular flexibility index (Phi) is 3.71. The van der Waals surface area contributed by atoms with Gasteiger partial charge in [0.15, 0.2) is 0 Å². The second-order valence-corrected chi connectivity index (χ2v) is 6.79. The van der Waals surface area contributed by atoms with E-state index in [1.54, 1.807) is 12.1 Å². The lowest BCUT2D eigenvalue weighted by atomic mass is 10.0. The Morgan fingerprint density at radius 3 is 2.84 bits per heavy atom. The van der Waals surface area contributed by atoms with Crippen LogP contribution in [0.3, 0.4) is 0 Å². The van der Waals surface area contributed by atoms with Crippen LogP contribution in [0.2, 0.25) is 0 Å². The number of nitrogens with one attached hydrogen (secondary N) is 1. The summed E-state index contributed by atoms with van der Waals surface area (Å²) in [5.41, 5.74) is 3.94. The van der Waals surface area contributed by atoms with Gasteiger partial charge in [-0.15, -0.1) is 0 Å². The zero-order valence-corrected chi connectivity index (χ0v) is 14.5. The number of carbonyl (C=O) groups is 2. The maximum Gasteiger partial charge on any atom is 0.257 e. The molecule has 2 aromatic rings. The number of fused-ring (bicyclic) bond motifs is 2. The third-order valence-electron chi connectivity index (χ3n) is 5.08. The second-order valence-electron chi connectivity index (χ2n) is 6.79. The predicted molar refractivity (Wildman–Crippen MR) is 98.0 cm³/mol. The Labute approximate surface area is 147 Å². The standard InChI is InChI=1S/C20H21N3O2/c1-13-5-3-6-15(11-13)21-19(24)14-8-9-16-17(12-14)22(2)18-7-4-10-23(18)20(16)25/h3,5-6,8-9,11-12,18H,4,7,10H2,1-2H3,(H,21,24)/t18-/m1/s1. The van der Waals surface area contributed by atoms with Gasteiger partial charge in [0.1, 0.15) is 6.17 Å². The topological polar surface area (TPSA) is 52.7 Å². The molecule has 1 atom stereocenters. The molecule has 0 radical (unpaired) electrons. The summed E-state index contributed by atoms with van der Waals surface area (Å²) in [6.45, 7) is 2.80. The molecule has 5 nitrogen and oxygen atoms in total. The molecule has 1 N–H and O–H groups in total. The van der Waals surface area contributed by atoms with Crippen molar-refractivity contribution in [3.05, 3.63) is 59.2 Å². The van der Waals surface area contributed by atoms with E-state index in [1.165, 1.54) is 0 Å². The number of nitrogens with zero attached hydrogens (tertiary/aromatic N) is 2. The summed E-state index contributed by atoms with van der Waals surface area (Å²) in [7, 11) is 2.00. The summed E-state index contributed by atoms with van der Waals surface area (Å²) < 4.78 is 0. The smallest absolute Gasteiger partial charge is 0.257 e. The zero-order valence-electron chi connectivity index (χ0n) is 14.5. The van der Waals surface area contributed by atoms with E-state index in [2.05, 4.69) is 10.2 Å². The summed E-state index contributed by atoms with van der Waals surface area (Å²) in [5, 5.41) is 2.93. The van der Waals surface area contributed by atoms with Crippen LogP contribution < -0.4 is 10.2 Å². The van der Waals surface area contributed by atoms with Crippen LogP contribution in [0.1, 0.15) is 39.1 Å². The molecule has 128 valence electrons. The molecule has 1 saturated heterocycles. The summed E-state index contributed by atoms with van der Waals surface area (Å²) in [4.78, 5) is 29.3. The van der Waals surface area contributed by atoms with Gasteiger partial charge in [-0.2, -0.15) is 0 Å². The van der Waals surface area contributed by atoms with E-state index in [-0.39, 0.29) is 18.0 Å². The van der Waals surface area contributed by atoms with Crippen molar-refractivity contribution in [3.8, 4) is 0 Å². The lowest BCUT2D eigenvalue weighted by molar-refractivity contribution is 0.0719. The highest BCUT2D eigenvalue weighted by Crippen LogP contribution is 2.35. The number of amides is 2. The SMILES string of the molecule is Cc1cccc(NC(=O)c2ccc3c(c2)N(C)[C@H]2CCCN2C3=O)c1. The Morgan fingerprint density at radius 1 is 1.20 bits per heavy atom. The van der Waals surface area contributed by atoms with E-state index in [0.717, 1.165) is 36.3 Å². The van der Waals surface area contributed by atoms with Crippen molar-refractivity contribution in [1.29, 1.82) is 0 Å². The van der Waals surface area contributed by atoms with Crippen LogP contribution >= 0.6 is 0 Å². The van der Waals surface area contributed by atoms with Gasteiger partial charge in [0.05, 0.1) is 11.3 Å². The van der Waals surface area contributed by atoms with Gasteiger partial charge in [-0.05, 0) is 55.7 Å². The predicted octanol–water partition coefficient (Wildman–Crippen LogP) is 3.26. The Bertz CT molecular complexity index is 862. The van der Waals surface area contributed by atoms with Crippen LogP contribution in [-0.4, -0.2) is 36.5 Å². The highest BCUT2D eigenvalue weighted by molar-refractivity contribution is 6.08. The fourth-order valence-corrected chi connectivity index (χ4v) is 3.78. The van der Waals surface area contributed by atoms with Gasteiger partial charge < -0.3 is 15.1 Å². The van der Waals surface area contributed by atoms with Crippen molar-refractivity contribution in [2.45, 2.75) is 25.9 Å². The minimum Gasteiger partial charge on any atom is -0.354 e. The molecule has 2 amide bonds. The first-order valence-corrected chi connectivity index (χ1v) is 8.60. The molecule has 2 aliphatic rings. The molecule has 5 heteroatoms.